The predicted octanol–water partition coefficient (Wildman–Crippen LogP) is 1.66. The highest BCUT2D eigenvalue weighted by atomic mass is 32.1. The highest BCUT2D eigenvalue weighted by Gasteiger charge is 2.20. The zero-order valence-corrected chi connectivity index (χ0v) is 9.26. The summed E-state index contributed by atoms with van der Waals surface area (Å²) in [5.41, 5.74) is 0. The van der Waals surface area contributed by atoms with Crippen LogP contribution in [0.1, 0.15) is 17.7 Å². The lowest BCUT2D eigenvalue weighted by atomic mass is 10.00. The molecular weight excluding hydrogens is 196 g/mol. The van der Waals surface area contributed by atoms with Crippen LogP contribution in [0.3, 0.4) is 0 Å². The van der Waals surface area contributed by atoms with Crippen LogP contribution in [0, 0.1) is 12.8 Å². The molecule has 1 fully saturated rings. The number of aryl methyl sites for hydroxylation is 1. The van der Waals surface area contributed by atoms with E-state index in [1.54, 1.807) is 11.3 Å². The molecule has 0 saturated carbocycles. The minimum Gasteiger partial charge on any atom is -0.396 e. The minimum atomic E-state index is 0.306. The molecule has 1 saturated heterocycles. The lowest BCUT2D eigenvalue weighted by Crippen LogP contribution is -2.36. The van der Waals surface area contributed by atoms with Crippen LogP contribution in [0.4, 0.5) is 5.13 Å². The second-order valence-corrected chi connectivity index (χ2v) is 5.10. The van der Waals surface area contributed by atoms with Crippen molar-refractivity contribution in [3.8, 4) is 0 Å². The first-order valence-electron chi connectivity index (χ1n) is 5.08. The molecule has 0 amide bonds. The molecular formula is C10H16N2OS. The molecule has 1 aliphatic heterocycles. The van der Waals surface area contributed by atoms with Crippen LogP contribution in [0.2, 0.25) is 0 Å². The van der Waals surface area contributed by atoms with Crippen molar-refractivity contribution >= 4 is 16.5 Å². The summed E-state index contributed by atoms with van der Waals surface area (Å²) in [6, 6.07) is 0. The van der Waals surface area contributed by atoms with Crippen molar-refractivity contribution in [1.82, 2.24) is 4.98 Å². The first-order valence-corrected chi connectivity index (χ1v) is 5.89. The number of nitrogens with zero attached hydrogens (tertiary/aromatic N) is 2. The van der Waals surface area contributed by atoms with Crippen molar-refractivity contribution in [1.29, 1.82) is 0 Å². The van der Waals surface area contributed by atoms with E-state index in [1.807, 2.05) is 6.20 Å². The number of anilines is 1. The van der Waals surface area contributed by atoms with Crippen LogP contribution in [0.25, 0.3) is 0 Å². The smallest absolute Gasteiger partial charge is 0.185 e. The molecule has 14 heavy (non-hydrogen) atoms. The first kappa shape index (κ1) is 9.93. The summed E-state index contributed by atoms with van der Waals surface area (Å²) >= 11 is 1.74. The molecule has 1 aromatic heterocycles. The molecule has 4 heteroatoms. The molecule has 2 heterocycles. The third-order valence-corrected chi connectivity index (χ3v) is 3.63. The number of hydrogen-bond donors (Lipinski definition) is 1. The van der Waals surface area contributed by atoms with Gasteiger partial charge < -0.3 is 10.0 Å². The largest absolute Gasteiger partial charge is 0.396 e. The van der Waals surface area contributed by atoms with Gasteiger partial charge in [-0.25, -0.2) is 4.98 Å². The fraction of sp³-hybridized carbons (Fsp3) is 0.700. The number of aliphatic hydroxyl groups excluding tert-OH is 1. The Labute approximate surface area is 88.4 Å². The fourth-order valence-electron chi connectivity index (χ4n) is 1.88. The third kappa shape index (κ3) is 2.07. The molecule has 78 valence electrons. The summed E-state index contributed by atoms with van der Waals surface area (Å²) in [6.45, 7) is 4.43. The van der Waals surface area contributed by atoms with Crippen molar-refractivity contribution in [2.24, 2.45) is 5.92 Å². The van der Waals surface area contributed by atoms with E-state index in [9.17, 15) is 0 Å². The number of piperidine rings is 1. The molecule has 0 spiro atoms. The van der Waals surface area contributed by atoms with E-state index in [-0.39, 0.29) is 0 Å². The molecule has 3 nitrogen and oxygen atoms in total. The first-order chi connectivity index (χ1) is 6.79. The Hall–Kier alpha value is -0.610. The summed E-state index contributed by atoms with van der Waals surface area (Å²) < 4.78 is 0. The molecule has 0 bridgehead atoms. The molecule has 2 rings (SSSR count). The van der Waals surface area contributed by atoms with Crippen molar-refractivity contribution in [2.45, 2.75) is 19.8 Å². The van der Waals surface area contributed by atoms with Crippen LogP contribution in [0.5, 0.6) is 0 Å². The van der Waals surface area contributed by atoms with E-state index in [0.717, 1.165) is 24.6 Å². The van der Waals surface area contributed by atoms with Crippen LogP contribution >= 0.6 is 11.3 Å². The van der Waals surface area contributed by atoms with Gasteiger partial charge in [0.25, 0.3) is 0 Å². The Morgan fingerprint density at radius 1 is 1.71 bits per heavy atom. The zero-order chi connectivity index (χ0) is 9.97. The molecule has 1 unspecified atom stereocenters. The summed E-state index contributed by atoms with van der Waals surface area (Å²) in [5, 5.41) is 10.2. The number of thiazole rings is 1. The molecule has 1 N–H and O–H groups in total. The highest BCUT2D eigenvalue weighted by Crippen LogP contribution is 2.26. The molecule has 0 aliphatic carbocycles. The van der Waals surface area contributed by atoms with Gasteiger partial charge in [0.05, 0.1) is 0 Å². The van der Waals surface area contributed by atoms with Gasteiger partial charge in [0.2, 0.25) is 0 Å². The predicted molar refractivity (Wildman–Crippen MR) is 58.9 cm³/mol. The van der Waals surface area contributed by atoms with E-state index in [4.69, 9.17) is 5.11 Å². The van der Waals surface area contributed by atoms with Gasteiger partial charge in [-0.1, -0.05) is 0 Å². The Balaban J connectivity index is 2.04. The van der Waals surface area contributed by atoms with E-state index in [0.29, 0.717) is 12.5 Å². The molecule has 1 atom stereocenters. The van der Waals surface area contributed by atoms with Crippen molar-refractivity contribution < 1.29 is 5.11 Å². The maximum absolute atomic E-state index is 9.12. The van der Waals surface area contributed by atoms with Gasteiger partial charge >= 0.3 is 0 Å². The van der Waals surface area contributed by atoms with Crippen LogP contribution in [0.15, 0.2) is 6.20 Å². The standard InChI is InChI=1S/C10H16N2OS/c1-8-5-11-10(14-8)12-4-2-3-9(6-12)7-13/h5,9,13H,2-4,6-7H2,1H3. The zero-order valence-electron chi connectivity index (χ0n) is 8.44. The maximum atomic E-state index is 9.12. The molecule has 0 radical (unpaired) electrons. The fourth-order valence-corrected chi connectivity index (χ4v) is 2.67. The second kappa shape index (κ2) is 4.28. The van der Waals surface area contributed by atoms with E-state index >= 15 is 0 Å². The minimum absolute atomic E-state index is 0.306. The SMILES string of the molecule is Cc1cnc(N2CCCC(CO)C2)s1. The Morgan fingerprint density at radius 2 is 2.57 bits per heavy atom. The number of aliphatic hydroxyl groups is 1. The summed E-state index contributed by atoms with van der Waals surface area (Å²) in [4.78, 5) is 7.92. The summed E-state index contributed by atoms with van der Waals surface area (Å²) in [6.07, 6.45) is 4.24. The maximum Gasteiger partial charge on any atom is 0.185 e. The van der Waals surface area contributed by atoms with Crippen molar-refractivity contribution in [2.75, 3.05) is 24.6 Å². The van der Waals surface area contributed by atoms with Gasteiger partial charge in [-0.3, -0.25) is 0 Å². The van der Waals surface area contributed by atoms with Crippen LogP contribution in [-0.4, -0.2) is 29.8 Å². The van der Waals surface area contributed by atoms with Gasteiger partial charge in [0, 0.05) is 30.8 Å². The van der Waals surface area contributed by atoms with E-state index < -0.39 is 0 Å². The second-order valence-electron chi connectivity index (χ2n) is 3.89. The average Bonchev–Trinajstić information content (AvgIpc) is 2.65. The molecule has 1 aromatic rings. The topological polar surface area (TPSA) is 36.4 Å². The van der Waals surface area contributed by atoms with Gasteiger partial charge in [0.1, 0.15) is 0 Å². The van der Waals surface area contributed by atoms with E-state index in [2.05, 4.69) is 16.8 Å². The Morgan fingerprint density at radius 3 is 3.21 bits per heavy atom. The Kier molecular flexibility index (Phi) is 3.03. The average molecular weight is 212 g/mol. The van der Waals surface area contributed by atoms with Crippen LogP contribution < -0.4 is 4.90 Å². The summed E-state index contributed by atoms with van der Waals surface area (Å²) in [5.74, 6) is 0.438. The van der Waals surface area contributed by atoms with Crippen LogP contribution in [-0.2, 0) is 0 Å². The quantitative estimate of drug-likeness (QED) is 0.810. The number of rotatable bonds is 2. The lowest BCUT2D eigenvalue weighted by Gasteiger charge is -2.31. The Bertz CT molecular complexity index is 300. The van der Waals surface area contributed by atoms with Gasteiger partial charge in [-0.15, -0.1) is 11.3 Å². The van der Waals surface area contributed by atoms with Gasteiger partial charge in [-0.05, 0) is 25.7 Å². The van der Waals surface area contributed by atoms with Crippen molar-refractivity contribution in [3.63, 3.8) is 0 Å². The molecule has 1 aliphatic rings. The van der Waals surface area contributed by atoms with E-state index in [1.165, 1.54) is 11.3 Å². The normalized spacial score (nSPS) is 22.7. The van der Waals surface area contributed by atoms with Crippen molar-refractivity contribution in [3.05, 3.63) is 11.1 Å². The summed E-state index contributed by atoms with van der Waals surface area (Å²) in [7, 11) is 0. The number of aromatic nitrogens is 1. The number of hydrogen-bond acceptors (Lipinski definition) is 4. The van der Waals surface area contributed by atoms with Gasteiger partial charge in [0.15, 0.2) is 5.13 Å². The third-order valence-electron chi connectivity index (χ3n) is 2.66. The highest BCUT2D eigenvalue weighted by molar-refractivity contribution is 7.15. The molecule has 0 aromatic carbocycles. The van der Waals surface area contributed by atoms with Gasteiger partial charge in [-0.2, -0.15) is 0 Å². The monoisotopic (exact) mass is 212 g/mol. The lowest BCUT2D eigenvalue weighted by molar-refractivity contribution is 0.208.